The smallest absolute Gasteiger partial charge is 0.261 e. The molecule has 6 heteroatoms. The molecule has 2 aromatic rings. The van der Waals surface area contributed by atoms with E-state index in [4.69, 9.17) is 4.74 Å². The van der Waals surface area contributed by atoms with Crippen LogP contribution in [0.5, 0.6) is 5.75 Å². The van der Waals surface area contributed by atoms with Crippen LogP contribution >= 0.6 is 0 Å². The first-order valence-electron chi connectivity index (χ1n) is 11.0. The van der Waals surface area contributed by atoms with Gasteiger partial charge in [-0.25, -0.2) is 4.39 Å². The van der Waals surface area contributed by atoms with E-state index in [9.17, 15) is 14.0 Å². The van der Waals surface area contributed by atoms with E-state index in [2.05, 4.69) is 26.1 Å². The first-order chi connectivity index (χ1) is 15.0. The van der Waals surface area contributed by atoms with Crippen LogP contribution in [0.4, 0.5) is 4.39 Å². The highest BCUT2D eigenvalue weighted by Gasteiger charge is 2.26. The molecule has 0 aliphatic heterocycles. The standard InChI is InChI=1S/C26H35FN2O3/c1-18(2)15-28-25(31)19(3)29(16-20-7-11-22(27)12-8-20)24(30)17-32-23-13-9-21(10-14-23)26(4,5)6/h7-14,18-19H,15-17H2,1-6H3,(H,28,31). The van der Waals surface area contributed by atoms with E-state index >= 15 is 0 Å². The average Bonchev–Trinajstić information content (AvgIpc) is 2.74. The van der Waals surface area contributed by atoms with Crippen molar-refractivity contribution in [3.05, 3.63) is 65.5 Å². The van der Waals surface area contributed by atoms with Gasteiger partial charge in [0.05, 0.1) is 0 Å². The number of nitrogens with zero attached hydrogens (tertiary/aromatic N) is 1. The van der Waals surface area contributed by atoms with Gasteiger partial charge in [0.25, 0.3) is 5.91 Å². The quantitative estimate of drug-likeness (QED) is 0.613. The van der Waals surface area contributed by atoms with Crippen LogP contribution < -0.4 is 10.1 Å². The molecule has 0 fully saturated rings. The maximum absolute atomic E-state index is 13.3. The summed E-state index contributed by atoms with van der Waals surface area (Å²) in [6.45, 7) is 12.6. The molecule has 0 bridgehead atoms. The Morgan fingerprint density at radius 2 is 1.59 bits per heavy atom. The third-order valence-electron chi connectivity index (χ3n) is 5.20. The second kappa shape index (κ2) is 11.1. The number of hydrogen-bond donors (Lipinski definition) is 1. The van der Waals surface area contributed by atoms with Gasteiger partial charge in [-0.2, -0.15) is 0 Å². The Labute approximate surface area is 191 Å². The van der Waals surface area contributed by atoms with Gasteiger partial charge < -0.3 is 15.0 Å². The number of carbonyl (C=O) groups is 2. The van der Waals surface area contributed by atoms with Crippen LogP contribution in [0.1, 0.15) is 52.7 Å². The summed E-state index contributed by atoms with van der Waals surface area (Å²) in [6, 6.07) is 12.9. The highest BCUT2D eigenvalue weighted by atomic mass is 19.1. The van der Waals surface area contributed by atoms with Gasteiger partial charge in [0.15, 0.2) is 6.61 Å². The molecule has 1 N–H and O–H groups in total. The lowest BCUT2D eigenvalue weighted by Crippen LogP contribution is -2.49. The molecule has 0 saturated heterocycles. The molecular weight excluding hydrogens is 407 g/mol. The average molecular weight is 443 g/mol. The summed E-state index contributed by atoms with van der Waals surface area (Å²) in [4.78, 5) is 27.1. The van der Waals surface area contributed by atoms with E-state index < -0.39 is 6.04 Å². The molecular formula is C26H35FN2O3. The van der Waals surface area contributed by atoms with E-state index in [1.807, 2.05) is 38.1 Å². The lowest BCUT2D eigenvalue weighted by molar-refractivity contribution is -0.142. The Kier molecular flexibility index (Phi) is 8.81. The van der Waals surface area contributed by atoms with Gasteiger partial charge in [-0.1, -0.05) is 58.9 Å². The molecule has 0 aromatic heterocycles. The summed E-state index contributed by atoms with van der Waals surface area (Å²) in [5.41, 5.74) is 1.93. The second-order valence-corrected chi connectivity index (χ2v) is 9.53. The number of amides is 2. The van der Waals surface area contributed by atoms with Crippen LogP contribution in [0.25, 0.3) is 0 Å². The number of hydrogen-bond acceptors (Lipinski definition) is 3. The van der Waals surface area contributed by atoms with Crippen molar-refractivity contribution in [2.24, 2.45) is 5.92 Å². The SMILES string of the molecule is CC(C)CNC(=O)C(C)N(Cc1ccc(F)cc1)C(=O)COc1ccc(C(C)(C)C)cc1. The van der Waals surface area contributed by atoms with E-state index in [0.29, 0.717) is 18.2 Å². The van der Waals surface area contributed by atoms with Crippen molar-refractivity contribution in [2.45, 2.75) is 59.5 Å². The fraction of sp³-hybridized carbons (Fsp3) is 0.462. The van der Waals surface area contributed by atoms with Gasteiger partial charge >= 0.3 is 0 Å². The topological polar surface area (TPSA) is 58.6 Å². The Hall–Kier alpha value is -2.89. The highest BCUT2D eigenvalue weighted by Crippen LogP contribution is 2.24. The monoisotopic (exact) mass is 442 g/mol. The minimum atomic E-state index is -0.696. The van der Waals surface area contributed by atoms with Gasteiger partial charge in [-0.3, -0.25) is 9.59 Å². The molecule has 32 heavy (non-hydrogen) atoms. The molecule has 0 radical (unpaired) electrons. The molecule has 5 nitrogen and oxygen atoms in total. The minimum absolute atomic E-state index is 0.0269. The molecule has 1 unspecified atom stereocenters. The van der Waals surface area contributed by atoms with Crippen LogP contribution in [-0.4, -0.2) is 35.9 Å². The normalized spacial score (nSPS) is 12.4. The molecule has 1 atom stereocenters. The summed E-state index contributed by atoms with van der Waals surface area (Å²) in [6.07, 6.45) is 0. The van der Waals surface area contributed by atoms with Crippen LogP contribution in [0.2, 0.25) is 0 Å². The van der Waals surface area contributed by atoms with Crippen molar-refractivity contribution >= 4 is 11.8 Å². The molecule has 0 saturated carbocycles. The van der Waals surface area contributed by atoms with Crippen LogP contribution in [0, 0.1) is 11.7 Å². The third kappa shape index (κ3) is 7.66. The zero-order chi connectivity index (χ0) is 23.9. The minimum Gasteiger partial charge on any atom is -0.484 e. The lowest BCUT2D eigenvalue weighted by atomic mass is 9.87. The highest BCUT2D eigenvalue weighted by molar-refractivity contribution is 5.87. The molecule has 2 rings (SSSR count). The first-order valence-corrected chi connectivity index (χ1v) is 11.0. The fourth-order valence-corrected chi connectivity index (χ4v) is 3.10. The van der Waals surface area contributed by atoms with E-state index in [1.165, 1.54) is 22.6 Å². The fourth-order valence-electron chi connectivity index (χ4n) is 3.10. The second-order valence-electron chi connectivity index (χ2n) is 9.53. The molecule has 2 aromatic carbocycles. The Balaban J connectivity index is 2.11. The summed E-state index contributed by atoms with van der Waals surface area (Å²) in [5, 5.41) is 2.87. The summed E-state index contributed by atoms with van der Waals surface area (Å²) < 4.78 is 19.0. The zero-order valence-electron chi connectivity index (χ0n) is 19.9. The molecule has 0 heterocycles. The molecule has 174 valence electrons. The largest absolute Gasteiger partial charge is 0.484 e. The number of ether oxygens (including phenoxy) is 1. The summed E-state index contributed by atoms with van der Waals surface area (Å²) in [5.74, 6) is -0.0155. The van der Waals surface area contributed by atoms with E-state index in [-0.39, 0.29) is 36.2 Å². The van der Waals surface area contributed by atoms with Gasteiger partial charge in [0, 0.05) is 13.1 Å². The Bertz CT molecular complexity index is 887. The molecule has 0 aliphatic rings. The van der Waals surface area contributed by atoms with Crippen molar-refractivity contribution in [1.29, 1.82) is 0 Å². The summed E-state index contributed by atoms with van der Waals surface area (Å²) in [7, 11) is 0. The van der Waals surface area contributed by atoms with Crippen LogP contribution in [0.3, 0.4) is 0 Å². The molecule has 0 spiro atoms. The van der Waals surface area contributed by atoms with Crippen LogP contribution in [-0.2, 0) is 21.5 Å². The van der Waals surface area contributed by atoms with Crippen molar-refractivity contribution in [3.63, 3.8) is 0 Å². The van der Waals surface area contributed by atoms with E-state index in [1.54, 1.807) is 19.1 Å². The van der Waals surface area contributed by atoms with Crippen LogP contribution in [0.15, 0.2) is 48.5 Å². The number of nitrogens with one attached hydrogen (secondary N) is 1. The third-order valence-corrected chi connectivity index (χ3v) is 5.20. The van der Waals surface area contributed by atoms with Crippen molar-refractivity contribution in [2.75, 3.05) is 13.2 Å². The van der Waals surface area contributed by atoms with Gasteiger partial charge in [-0.05, 0) is 53.6 Å². The van der Waals surface area contributed by atoms with Gasteiger partial charge in [0.2, 0.25) is 5.91 Å². The number of rotatable bonds is 9. The van der Waals surface area contributed by atoms with E-state index in [0.717, 1.165) is 5.56 Å². The van der Waals surface area contributed by atoms with Crippen molar-refractivity contribution in [3.8, 4) is 5.75 Å². The summed E-state index contributed by atoms with van der Waals surface area (Å²) >= 11 is 0. The lowest BCUT2D eigenvalue weighted by Gasteiger charge is -2.29. The molecule has 2 amide bonds. The van der Waals surface area contributed by atoms with Crippen molar-refractivity contribution < 1.29 is 18.7 Å². The Morgan fingerprint density at radius 1 is 1.00 bits per heavy atom. The maximum atomic E-state index is 13.3. The predicted molar refractivity (Wildman–Crippen MR) is 125 cm³/mol. The molecule has 0 aliphatic carbocycles. The zero-order valence-corrected chi connectivity index (χ0v) is 19.9. The van der Waals surface area contributed by atoms with Gasteiger partial charge in [0.1, 0.15) is 17.6 Å². The van der Waals surface area contributed by atoms with Crippen molar-refractivity contribution in [1.82, 2.24) is 10.2 Å². The predicted octanol–water partition coefficient (Wildman–Crippen LogP) is 4.69. The number of benzene rings is 2. The first kappa shape index (κ1) is 25.4. The van der Waals surface area contributed by atoms with Gasteiger partial charge in [-0.15, -0.1) is 0 Å². The Morgan fingerprint density at radius 3 is 2.12 bits per heavy atom. The maximum Gasteiger partial charge on any atom is 0.261 e. The number of halogens is 1. The number of carbonyl (C=O) groups excluding carboxylic acids is 2.